The fourth-order valence-electron chi connectivity index (χ4n) is 4.63. The molecule has 1 unspecified atom stereocenters. The summed E-state index contributed by atoms with van der Waals surface area (Å²) in [5.41, 5.74) is 7.45. The van der Waals surface area contributed by atoms with Gasteiger partial charge in [0.05, 0.1) is 0 Å². The number of primary amides is 1. The molecule has 1 heterocycles. The topological polar surface area (TPSA) is 46.3 Å². The van der Waals surface area contributed by atoms with Gasteiger partial charge in [-0.1, -0.05) is 50.8 Å². The molecule has 140 valence electrons. The van der Waals surface area contributed by atoms with Crippen molar-refractivity contribution in [1.82, 2.24) is 4.90 Å². The van der Waals surface area contributed by atoms with Crippen molar-refractivity contribution in [2.75, 3.05) is 19.6 Å². The smallest absolute Gasteiger partial charge is 0.248 e. The highest BCUT2D eigenvalue weighted by Crippen LogP contribution is 2.41. The van der Waals surface area contributed by atoms with Gasteiger partial charge in [-0.25, -0.2) is 0 Å². The molecule has 1 saturated carbocycles. The molecule has 26 heavy (non-hydrogen) atoms. The molecule has 2 fully saturated rings. The van der Waals surface area contributed by atoms with E-state index in [9.17, 15) is 4.79 Å². The van der Waals surface area contributed by atoms with Gasteiger partial charge in [0, 0.05) is 18.7 Å². The Labute approximate surface area is 158 Å². The number of piperidine rings is 1. The van der Waals surface area contributed by atoms with Crippen molar-refractivity contribution in [1.29, 1.82) is 0 Å². The third-order valence-corrected chi connectivity index (χ3v) is 6.68. The number of likely N-dealkylation sites (tertiary alicyclic amines) is 1. The van der Waals surface area contributed by atoms with Crippen molar-refractivity contribution >= 4 is 5.91 Å². The molecule has 0 radical (unpaired) electrons. The summed E-state index contributed by atoms with van der Waals surface area (Å²) in [5.74, 6) is 1.80. The number of hydrogen-bond acceptors (Lipinski definition) is 2. The number of carbonyl (C=O) groups excluding carboxylic acids is 1. The average molecular weight is 353 g/mol. The summed E-state index contributed by atoms with van der Waals surface area (Å²) in [5, 5.41) is 0. The van der Waals surface area contributed by atoms with Crippen LogP contribution in [-0.4, -0.2) is 30.4 Å². The van der Waals surface area contributed by atoms with Crippen molar-refractivity contribution in [2.24, 2.45) is 23.5 Å². The SMILES string of the molecule is C=C/C=C\C1CC(CN2CC[C@@](C)(c3cccc(C(N)=O)c3)C(C)C2)C1. The molecule has 1 aliphatic carbocycles. The van der Waals surface area contributed by atoms with Crippen LogP contribution in [-0.2, 0) is 5.41 Å². The molecule has 1 aromatic rings. The van der Waals surface area contributed by atoms with Gasteiger partial charge in [-0.15, -0.1) is 0 Å². The second-order valence-corrected chi connectivity index (χ2v) is 8.49. The van der Waals surface area contributed by atoms with Crippen molar-refractivity contribution in [3.63, 3.8) is 0 Å². The Bertz CT molecular complexity index is 689. The highest BCUT2D eigenvalue weighted by molar-refractivity contribution is 5.92. The molecule has 3 nitrogen and oxygen atoms in total. The summed E-state index contributed by atoms with van der Waals surface area (Å²) in [6.45, 7) is 11.9. The summed E-state index contributed by atoms with van der Waals surface area (Å²) in [6.07, 6.45) is 10.00. The van der Waals surface area contributed by atoms with Gasteiger partial charge in [0.2, 0.25) is 5.91 Å². The van der Waals surface area contributed by atoms with Crippen LogP contribution in [0.15, 0.2) is 49.1 Å². The molecular weight excluding hydrogens is 320 g/mol. The quantitative estimate of drug-likeness (QED) is 0.782. The lowest BCUT2D eigenvalue weighted by atomic mass is 9.67. The highest BCUT2D eigenvalue weighted by Gasteiger charge is 2.39. The fraction of sp³-hybridized carbons (Fsp3) is 0.522. The Kier molecular flexibility index (Phi) is 5.67. The van der Waals surface area contributed by atoms with Crippen molar-refractivity contribution < 1.29 is 4.79 Å². The first-order valence-electron chi connectivity index (χ1n) is 9.84. The van der Waals surface area contributed by atoms with E-state index < -0.39 is 0 Å². The summed E-state index contributed by atoms with van der Waals surface area (Å²) >= 11 is 0. The largest absolute Gasteiger partial charge is 0.366 e. The monoisotopic (exact) mass is 352 g/mol. The zero-order valence-electron chi connectivity index (χ0n) is 16.2. The average Bonchev–Trinajstić information content (AvgIpc) is 2.60. The van der Waals surface area contributed by atoms with Crippen LogP contribution in [0.2, 0.25) is 0 Å². The summed E-state index contributed by atoms with van der Waals surface area (Å²) in [4.78, 5) is 14.2. The third-order valence-electron chi connectivity index (χ3n) is 6.68. The third kappa shape index (κ3) is 3.93. The maximum Gasteiger partial charge on any atom is 0.248 e. The minimum Gasteiger partial charge on any atom is -0.366 e. The first kappa shape index (κ1) is 18.9. The molecule has 0 aromatic heterocycles. The van der Waals surface area contributed by atoms with E-state index in [4.69, 9.17) is 5.73 Å². The standard InChI is InChI=1S/C23H32N2O/c1-4-5-7-18-12-19(13-18)16-25-11-10-23(3,17(2)15-25)21-9-6-8-20(14-21)22(24)26/h4-9,14,17-19H,1,10-13,15-16H2,2-3H3,(H2,24,26)/b7-5-/t17?,18?,19?,23-/m1/s1. The van der Waals surface area contributed by atoms with Crippen LogP contribution in [0.5, 0.6) is 0 Å². The van der Waals surface area contributed by atoms with Crippen LogP contribution in [0.4, 0.5) is 0 Å². The summed E-state index contributed by atoms with van der Waals surface area (Å²) in [7, 11) is 0. The van der Waals surface area contributed by atoms with Gasteiger partial charge >= 0.3 is 0 Å². The molecule has 1 amide bonds. The van der Waals surface area contributed by atoms with Gasteiger partial charge in [0.1, 0.15) is 0 Å². The Hall–Kier alpha value is -1.87. The van der Waals surface area contributed by atoms with E-state index in [1.807, 2.05) is 24.3 Å². The zero-order valence-corrected chi connectivity index (χ0v) is 16.2. The van der Waals surface area contributed by atoms with Gasteiger partial charge in [0.15, 0.2) is 0 Å². The molecule has 2 atom stereocenters. The molecule has 1 aromatic carbocycles. The van der Waals surface area contributed by atoms with Crippen LogP contribution in [0.3, 0.4) is 0 Å². The normalized spacial score (nSPS) is 32.3. The number of nitrogens with two attached hydrogens (primary N) is 1. The molecule has 1 aliphatic heterocycles. The molecule has 2 aliphatic rings. The second-order valence-electron chi connectivity index (χ2n) is 8.49. The van der Waals surface area contributed by atoms with Gasteiger partial charge in [-0.3, -0.25) is 4.79 Å². The van der Waals surface area contributed by atoms with Gasteiger partial charge < -0.3 is 10.6 Å². The predicted octanol–water partition coefficient (Wildman–Crippen LogP) is 4.15. The number of hydrogen-bond donors (Lipinski definition) is 1. The maximum absolute atomic E-state index is 11.5. The van der Waals surface area contributed by atoms with Crippen molar-refractivity contribution in [3.05, 3.63) is 60.2 Å². The first-order valence-corrected chi connectivity index (χ1v) is 9.84. The Morgan fingerprint density at radius 2 is 2.19 bits per heavy atom. The minimum absolute atomic E-state index is 0.108. The van der Waals surface area contributed by atoms with Gasteiger partial charge in [0.25, 0.3) is 0 Å². The Morgan fingerprint density at radius 3 is 2.85 bits per heavy atom. The van der Waals surface area contributed by atoms with E-state index >= 15 is 0 Å². The molecule has 3 rings (SSSR count). The van der Waals surface area contributed by atoms with Crippen LogP contribution in [0, 0.1) is 17.8 Å². The van der Waals surface area contributed by atoms with Crippen molar-refractivity contribution in [3.8, 4) is 0 Å². The number of rotatable bonds is 6. The number of nitrogens with zero attached hydrogens (tertiary/aromatic N) is 1. The highest BCUT2D eigenvalue weighted by atomic mass is 16.1. The van der Waals surface area contributed by atoms with E-state index in [0.717, 1.165) is 31.3 Å². The van der Waals surface area contributed by atoms with E-state index in [1.54, 1.807) is 0 Å². The molecule has 0 bridgehead atoms. The van der Waals surface area contributed by atoms with Crippen LogP contribution in [0.1, 0.15) is 49.0 Å². The number of carbonyl (C=O) groups is 1. The van der Waals surface area contributed by atoms with Crippen LogP contribution < -0.4 is 5.73 Å². The maximum atomic E-state index is 11.5. The first-order chi connectivity index (χ1) is 12.4. The zero-order chi connectivity index (χ0) is 18.7. The lowest BCUT2D eigenvalue weighted by molar-refractivity contribution is 0.0717. The molecule has 2 N–H and O–H groups in total. The van der Waals surface area contributed by atoms with Gasteiger partial charge in [-0.05, 0) is 66.7 Å². The number of allylic oxidation sites excluding steroid dienone is 3. The Morgan fingerprint density at radius 1 is 1.42 bits per heavy atom. The van der Waals surface area contributed by atoms with Gasteiger partial charge in [-0.2, -0.15) is 0 Å². The molecule has 1 saturated heterocycles. The molecule has 3 heteroatoms. The predicted molar refractivity (Wildman–Crippen MR) is 108 cm³/mol. The van der Waals surface area contributed by atoms with E-state index in [1.165, 1.54) is 24.9 Å². The fourth-order valence-corrected chi connectivity index (χ4v) is 4.63. The Balaban J connectivity index is 1.58. The van der Waals surface area contributed by atoms with Crippen molar-refractivity contribution in [2.45, 2.75) is 38.5 Å². The van der Waals surface area contributed by atoms with E-state index in [-0.39, 0.29) is 11.3 Å². The molecular formula is C23H32N2O. The lowest BCUT2D eigenvalue weighted by Crippen LogP contribution is -2.49. The van der Waals surface area contributed by atoms with E-state index in [2.05, 4.69) is 43.5 Å². The minimum atomic E-state index is -0.342. The van der Waals surface area contributed by atoms with Crippen LogP contribution in [0.25, 0.3) is 0 Å². The second kappa shape index (κ2) is 7.79. The number of benzene rings is 1. The summed E-state index contributed by atoms with van der Waals surface area (Å²) in [6, 6.07) is 7.92. The molecule has 0 spiro atoms. The number of amides is 1. The summed E-state index contributed by atoms with van der Waals surface area (Å²) < 4.78 is 0. The lowest BCUT2D eigenvalue weighted by Gasteiger charge is -2.47. The van der Waals surface area contributed by atoms with Crippen LogP contribution >= 0.6 is 0 Å². The van der Waals surface area contributed by atoms with E-state index in [0.29, 0.717) is 11.5 Å².